The molecule has 1 rings (SSSR count). The summed E-state index contributed by atoms with van der Waals surface area (Å²) in [5.41, 5.74) is -0.349. The standard InChI is InChI=1S/C14H24N2O4/c1-8(11(17)16-14(2,3)4)15-12(18)9-5-6-10(7-9)13(19)20/h8-10H,5-7H2,1-4H3,(H,15,18)(H,16,17)(H,19,20). The molecule has 3 unspecified atom stereocenters. The number of carboxylic acid groups (broad SMARTS) is 1. The smallest absolute Gasteiger partial charge is 0.306 e. The third kappa shape index (κ3) is 4.83. The first-order valence-electron chi connectivity index (χ1n) is 6.95. The summed E-state index contributed by atoms with van der Waals surface area (Å²) in [6.45, 7) is 7.23. The summed E-state index contributed by atoms with van der Waals surface area (Å²) in [5, 5.41) is 14.4. The molecule has 0 radical (unpaired) electrons. The van der Waals surface area contributed by atoms with Crippen LogP contribution in [0.5, 0.6) is 0 Å². The Morgan fingerprint density at radius 1 is 1.15 bits per heavy atom. The zero-order chi connectivity index (χ0) is 15.5. The molecule has 0 aromatic carbocycles. The highest BCUT2D eigenvalue weighted by molar-refractivity contribution is 5.89. The van der Waals surface area contributed by atoms with Crippen molar-refractivity contribution in [2.45, 2.75) is 58.5 Å². The third-order valence-electron chi connectivity index (χ3n) is 3.40. The Morgan fingerprint density at radius 3 is 2.15 bits per heavy atom. The molecule has 0 aliphatic heterocycles. The van der Waals surface area contributed by atoms with Crippen LogP contribution in [0.25, 0.3) is 0 Å². The zero-order valence-electron chi connectivity index (χ0n) is 12.5. The Labute approximate surface area is 119 Å². The number of carboxylic acids is 1. The topological polar surface area (TPSA) is 95.5 Å². The Bertz CT molecular complexity index is 400. The molecule has 2 amide bonds. The van der Waals surface area contributed by atoms with Crippen LogP contribution in [0.2, 0.25) is 0 Å². The van der Waals surface area contributed by atoms with Crippen molar-refractivity contribution in [3.8, 4) is 0 Å². The van der Waals surface area contributed by atoms with Gasteiger partial charge >= 0.3 is 5.97 Å². The van der Waals surface area contributed by atoms with Gasteiger partial charge in [0.05, 0.1) is 5.92 Å². The molecule has 1 saturated carbocycles. The summed E-state index contributed by atoms with van der Waals surface area (Å²) in [6, 6.07) is -0.620. The van der Waals surface area contributed by atoms with E-state index in [1.54, 1.807) is 6.92 Å². The van der Waals surface area contributed by atoms with Crippen molar-refractivity contribution in [3.05, 3.63) is 0 Å². The lowest BCUT2D eigenvalue weighted by molar-refractivity contribution is -0.141. The lowest BCUT2D eigenvalue weighted by atomic mass is 10.0. The molecule has 1 aliphatic carbocycles. The highest BCUT2D eigenvalue weighted by atomic mass is 16.4. The van der Waals surface area contributed by atoms with Crippen molar-refractivity contribution in [1.29, 1.82) is 0 Å². The monoisotopic (exact) mass is 284 g/mol. The average Bonchev–Trinajstić information content (AvgIpc) is 2.75. The van der Waals surface area contributed by atoms with Crippen LogP contribution in [0.3, 0.4) is 0 Å². The number of aliphatic carboxylic acids is 1. The fraction of sp³-hybridized carbons (Fsp3) is 0.786. The second-order valence-corrected chi connectivity index (χ2v) is 6.51. The van der Waals surface area contributed by atoms with Gasteiger partial charge in [-0.25, -0.2) is 0 Å². The van der Waals surface area contributed by atoms with Crippen LogP contribution < -0.4 is 10.6 Å². The highest BCUT2D eigenvalue weighted by Gasteiger charge is 2.34. The van der Waals surface area contributed by atoms with Crippen LogP contribution in [-0.4, -0.2) is 34.5 Å². The van der Waals surface area contributed by atoms with Crippen molar-refractivity contribution in [3.63, 3.8) is 0 Å². The van der Waals surface area contributed by atoms with Crippen LogP contribution in [0.1, 0.15) is 47.0 Å². The van der Waals surface area contributed by atoms with E-state index in [0.717, 1.165) is 0 Å². The first kappa shape index (κ1) is 16.5. The Morgan fingerprint density at radius 2 is 1.70 bits per heavy atom. The van der Waals surface area contributed by atoms with Gasteiger partial charge in [0, 0.05) is 11.5 Å². The minimum Gasteiger partial charge on any atom is -0.481 e. The van der Waals surface area contributed by atoms with E-state index in [9.17, 15) is 14.4 Å². The molecule has 0 bridgehead atoms. The number of nitrogens with one attached hydrogen (secondary N) is 2. The van der Waals surface area contributed by atoms with E-state index in [0.29, 0.717) is 19.3 Å². The molecule has 20 heavy (non-hydrogen) atoms. The van der Waals surface area contributed by atoms with E-state index in [-0.39, 0.29) is 23.3 Å². The molecule has 6 nitrogen and oxygen atoms in total. The highest BCUT2D eigenvalue weighted by Crippen LogP contribution is 2.31. The molecule has 0 spiro atoms. The lowest BCUT2D eigenvalue weighted by Crippen LogP contribution is -2.51. The van der Waals surface area contributed by atoms with Gasteiger partial charge in [-0.1, -0.05) is 0 Å². The summed E-state index contributed by atoms with van der Waals surface area (Å²) in [4.78, 5) is 34.7. The van der Waals surface area contributed by atoms with E-state index in [2.05, 4.69) is 10.6 Å². The van der Waals surface area contributed by atoms with E-state index >= 15 is 0 Å². The van der Waals surface area contributed by atoms with E-state index in [4.69, 9.17) is 5.11 Å². The van der Waals surface area contributed by atoms with Crippen LogP contribution >= 0.6 is 0 Å². The Kier molecular flexibility index (Phi) is 5.14. The van der Waals surface area contributed by atoms with Gasteiger partial charge in [0.15, 0.2) is 0 Å². The maximum absolute atomic E-state index is 12.0. The molecule has 3 atom stereocenters. The van der Waals surface area contributed by atoms with Crippen LogP contribution in [0.4, 0.5) is 0 Å². The number of hydrogen-bond donors (Lipinski definition) is 3. The van der Waals surface area contributed by atoms with Gasteiger partial charge in [-0.15, -0.1) is 0 Å². The van der Waals surface area contributed by atoms with Crippen molar-refractivity contribution in [2.75, 3.05) is 0 Å². The van der Waals surface area contributed by atoms with Gasteiger partial charge in [0.2, 0.25) is 11.8 Å². The molecule has 1 aliphatic rings. The second kappa shape index (κ2) is 6.24. The average molecular weight is 284 g/mol. The molecule has 3 N–H and O–H groups in total. The molecular formula is C14H24N2O4. The Hall–Kier alpha value is -1.59. The van der Waals surface area contributed by atoms with Gasteiger partial charge < -0.3 is 15.7 Å². The van der Waals surface area contributed by atoms with Crippen molar-refractivity contribution in [1.82, 2.24) is 10.6 Å². The minimum absolute atomic E-state index is 0.231. The molecule has 1 fully saturated rings. The first-order valence-corrected chi connectivity index (χ1v) is 6.95. The molecule has 0 aromatic rings. The minimum atomic E-state index is -0.848. The summed E-state index contributed by atoms with van der Waals surface area (Å²) in [5.74, 6) is -2.06. The molecule has 0 saturated heterocycles. The van der Waals surface area contributed by atoms with E-state index < -0.39 is 17.9 Å². The molecule has 0 heterocycles. The van der Waals surface area contributed by atoms with Crippen molar-refractivity contribution >= 4 is 17.8 Å². The fourth-order valence-electron chi connectivity index (χ4n) is 2.32. The predicted octanol–water partition coefficient (Wildman–Crippen LogP) is 0.907. The Balaban J connectivity index is 2.46. The normalized spacial score (nSPS) is 24.0. The lowest BCUT2D eigenvalue weighted by Gasteiger charge is -2.24. The number of carbonyl (C=O) groups excluding carboxylic acids is 2. The first-order chi connectivity index (χ1) is 9.10. The fourth-order valence-corrected chi connectivity index (χ4v) is 2.32. The van der Waals surface area contributed by atoms with Gasteiger partial charge in [-0.2, -0.15) is 0 Å². The number of amides is 2. The van der Waals surface area contributed by atoms with Crippen LogP contribution in [0.15, 0.2) is 0 Å². The maximum atomic E-state index is 12.0. The van der Waals surface area contributed by atoms with Gasteiger partial charge in [-0.3, -0.25) is 14.4 Å². The zero-order valence-corrected chi connectivity index (χ0v) is 12.5. The number of carbonyl (C=O) groups is 3. The van der Waals surface area contributed by atoms with Gasteiger partial charge in [-0.05, 0) is 47.0 Å². The largest absolute Gasteiger partial charge is 0.481 e. The predicted molar refractivity (Wildman–Crippen MR) is 74.0 cm³/mol. The second-order valence-electron chi connectivity index (χ2n) is 6.51. The molecule has 6 heteroatoms. The SMILES string of the molecule is CC(NC(=O)C1CCC(C(=O)O)C1)C(=O)NC(C)(C)C. The maximum Gasteiger partial charge on any atom is 0.306 e. The van der Waals surface area contributed by atoms with Gasteiger partial charge in [0.25, 0.3) is 0 Å². The van der Waals surface area contributed by atoms with Crippen molar-refractivity contribution < 1.29 is 19.5 Å². The molecule has 114 valence electrons. The number of rotatable bonds is 4. The van der Waals surface area contributed by atoms with Crippen LogP contribution in [-0.2, 0) is 14.4 Å². The molecular weight excluding hydrogens is 260 g/mol. The third-order valence-corrected chi connectivity index (χ3v) is 3.40. The van der Waals surface area contributed by atoms with E-state index in [1.807, 2.05) is 20.8 Å². The van der Waals surface area contributed by atoms with Crippen molar-refractivity contribution in [2.24, 2.45) is 11.8 Å². The van der Waals surface area contributed by atoms with Crippen LogP contribution in [0, 0.1) is 11.8 Å². The van der Waals surface area contributed by atoms with E-state index in [1.165, 1.54) is 0 Å². The summed E-state index contributed by atoms with van der Waals surface area (Å²) >= 11 is 0. The summed E-state index contributed by atoms with van der Waals surface area (Å²) in [7, 11) is 0. The van der Waals surface area contributed by atoms with Gasteiger partial charge in [0.1, 0.15) is 6.04 Å². The summed E-state index contributed by atoms with van der Waals surface area (Å²) in [6.07, 6.45) is 1.45. The number of hydrogen-bond acceptors (Lipinski definition) is 3. The quantitative estimate of drug-likeness (QED) is 0.715. The molecule has 0 aromatic heterocycles. The summed E-state index contributed by atoms with van der Waals surface area (Å²) < 4.78 is 0.